The summed E-state index contributed by atoms with van der Waals surface area (Å²) in [5, 5.41) is 0.580. The standard InChI is InChI=1S/C13H10N2OS/c14-13-15-11-8-10(6-7-12(11)17-13)16-9-4-2-1-3-5-9/h1-8H,(H2,14,15). The van der Waals surface area contributed by atoms with Gasteiger partial charge in [-0.1, -0.05) is 29.5 Å². The number of thiazole rings is 1. The van der Waals surface area contributed by atoms with Gasteiger partial charge in [0, 0.05) is 6.07 Å². The molecule has 3 nitrogen and oxygen atoms in total. The van der Waals surface area contributed by atoms with E-state index in [0.717, 1.165) is 21.7 Å². The Bertz CT molecular complexity index is 649. The minimum absolute atomic E-state index is 0.580. The molecule has 1 aromatic heterocycles. The van der Waals surface area contributed by atoms with Crippen LogP contribution < -0.4 is 10.5 Å². The molecule has 17 heavy (non-hydrogen) atoms. The lowest BCUT2D eigenvalue weighted by Crippen LogP contribution is -1.83. The van der Waals surface area contributed by atoms with Crippen LogP contribution in [0.3, 0.4) is 0 Å². The molecule has 0 unspecified atom stereocenters. The molecule has 0 fully saturated rings. The lowest BCUT2D eigenvalue weighted by atomic mass is 10.3. The van der Waals surface area contributed by atoms with E-state index in [1.165, 1.54) is 11.3 Å². The molecule has 0 atom stereocenters. The molecule has 1 heterocycles. The van der Waals surface area contributed by atoms with Gasteiger partial charge < -0.3 is 10.5 Å². The van der Waals surface area contributed by atoms with Crippen LogP contribution in [0.2, 0.25) is 0 Å². The van der Waals surface area contributed by atoms with Gasteiger partial charge in [0.2, 0.25) is 0 Å². The smallest absolute Gasteiger partial charge is 0.181 e. The minimum Gasteiger partial charge on any atom is -0.457 e. The molecule has 0 bridgehead atoms. The number of hydrogen-bond donors (Lipinski definition) is 1. The van der Waals surface area contributed by atoms with Crippen LogP contribution in [0.15, 0.2) is 48.5 Å². The first-order valence-electron chi connectivity index (χ1n) is 5.20. The summed E-state index contributed by atoms with van der Waals surface area (Å²) in [6.07, 6.45) is 0. The van der Waals surface area contributed by atoms with Crippen molar-refractivity contribution in [3.05, 3.63) is 48.5 Å². The molecule has 3 aromatic rings. The highest BCUT2D eigenvalue weighted by molar-refractivity contribution is 7.22. The first kappa shape index (κ1) is 10.1. The molecule has 2 N–H and O–H groups in total. The average molecular weight is 242 g/mol. The van der Waals surface area contributed by atoms with E-state index in [1.807, 2.05) is 48.5 Å². The monoisotopic (exact) mass is 242 g/mol. The zero-order valence-electron chi connectivity index (χ0n) is 8.96. The fraction of sp³-hybridized carbons (Fsp3) is 0. The molecule has 0 amide bonds. The third-order valence-electron chi connectivity index (χ3n) is 2.35. The Morgan fingerprint density at radius 3 is 2.65 bits per heavy atom. The molecule has 2 aromatic carbocycles. The molecule has 0 aliphatic rings. The predicted octanol–water partition coefficient (Wildman–Crippen LogP) is 3.67. The van der Waals surface area contributed by atoms with E-state index in [2.05, 4.69) is 4.98 Å². The average Bonchev–Trinajstić information content (AvgIpc) is 2.70. The highest BCUT2D eigenvalue weighted by atomic mass is 32.1. The summed E-state index contributed by atoms with van der Waals surface area (Å²) in [7, 11) is 0. The Balaban J connectivity index is 1.95. The van der Waals surface area contributed by atoms with E-state index in [0.29, 0.717) is 5.13 Å². The zero-order valence-corrected chi connectivity index (χ0v) is 9.78. The summed E-state index contributed by atoms with van der Waals surface area (Å²) in [6, 6.07) is 15.5. The lowest BCUT2D eigenvalue weighted by molar-refractivity contribution is 0.483. The largest absolute Gasteiger partial charge is 0.457 e. The van der Waals surface area contributed by atoms with E-state index in [4.69, 9.17) is 10.5 Å². The van der Waals surface area contributed by atoms with Crippen molar-refractivity contribution in [3.8, 4) is 11.5 Å². The fourth-order valence-corrected chi connectivity index (χ4v) is 2.33. The number of benzene rings is 2. The highest BCUT2D eigenvalue weighted by Gasteiger charge is 2.03. The molecule has 4 heteroatoms. The van der Waals surface area contributed by atoms with Crippen LogP contribution in [0, 0.1) is 0 Å². The normalized spacial score (nSPS) is 10.6. The number of hydrogen-bond acceptors (Lipinski definition) is 4. The van der Waals surface area contributed by atoms with E-state index in [1.54, 1.807) is 0 Å². The number of nitrogens with two attached hydrogens (primary N) is 1. The van der Waals surface area contributed by atoms with Crippen molar-refractivity contribution in [2.24, 2.45) is 0 Å². The van der Waals surface area contributed by atoms with Gasteiger partial charge in [-0.2, -0.15) is 0 Å². The van der Waals surface area contributed by atoms with Crippen molar-refractivity contribution < 1.29 is 4.74 Å². The van der Waals surface area contributed by atoms with Crippen molar-refractivity contribution >= 4 is 26.7 Å². The van der Waals surface area contributed by atoms with Gasteiger partial charge in [0.15, 0.2) is 5.13 Å². The minimum atomic E-state index is 0.580. The molecular weight excluding hydrogens is 232 g/mol. The first-order valence-corrected chi connectivity index (χ1v) is 6.02. The van der Waals surface area contributed by atoms with Crippen LogP contribution in [0.1, 0.15) is 0 Å². The van der Waals surface area contributed by atoms with Gasteiger partial charge in [0.05, 0.1) is 10.2 Å². The maximum absolute atomic E-state index is 5.72. The maximum atomic E-state index is 5.72. The number of para-hydroxylation sites is 1. The van der Waals surface area contributed by atoms with E-state index < -0.39 is 0 Å². The van der Waals surface area contributed by atoms with Crippen molar-refractivity contribution in [3.63, 3.8) is 0 Å². The van der Waals surface area contributed by atoms with Gasteiger partial charge in [-0.25, -0.2) is 4.98 Å². The first-order chi connectivity index (χ1) is 8.31. The third kappa shape index (κ3) is 2.07. The number of fused-ring (bicyclic) bond motifs is 1. The zero-order chi connectivity index (χ0) is 11.7. The molecule has 0 saturated heterocycles. The van der Waals surface area contributed by atoms with E-state index in [-0.39, 0.29) is 0 Å². The Hall–Kier alpha value is -2.07. The molecule has 0 spiro atoms. The second kappa shape index (κ2) is 4.07. The second-order valence-corrected chi connectivity index (χ2v) is 4.66. The number of nitrogen functional groups attached to an aromatic ring is 1. The SMILES string of the molecule is Nc1nc2cc(Oc3ccccc3)ccc2s1. The Kier molecular flexibility index (Phi) is 2.42. The lowest BCUT2D eigenvalue weighted by Gasteiger charge is -2.04. The topological polar surface area (TPSA) is 48.1 Å². The van der Waals surface area contributed by atoms with Gasteiger partial charge in [-0.05, 0) is 24.3 Å². The van der Waals surface area contributed by atoms with Gasteiger partial charge >= 0.3 is 0 Å². The van der Waals surface area contributed by atoms with Crippen LogP contribution in [-0.2, 0) is 0 Å². The van der Waals surface area contributed by atoms with E-state index in [9.17, 15) is 0 Å². The quantitative estimate of drug-likeness (QED) is 0.745. The van der Waals surface area contributed by atoms with Crippen molar-refractivity contribution in [2.75, 3.05) is 5.73 Å². The third-order valence-corrected chi connectivity index (χ3v) is 3.22. The summed E-state index contributed by atoms with van der Waals surface area (Å²) >= 11 is 1.48. The summed E-state index contributed by atoms with van der Waals surface area (Å²) in [5.41, 5.74) is 6.54. The molecule has 0 aliphatic heterocycles. The molecule has 84 valence electrons. The van der Waals surface area contributed by atoms with Crippen LogP contribution in [0.5, 0.6) is 11.5 Å². The summed E-state index contributed by atoms with van der Waals surface area (Å²) in [5.74, 6) is 1.59. The summed E-state index contributed by atoms with van der Waals surface area (Å²) < 4.78 is 6.79. The Labute approximate surface area is 102 Å². The Morgan fingerprint density at radius 1 is 1.00 bits per heavy atom. The maximum Gasteiger partial charge on any atom is 0.181 e. The molecule has 0 aliphatic carbocycles. The molecular formula is C13H10N2OS. The second-order valence-electron chi connectivity index (χ2n) is 3.60. The molecule has 3 rings (SSSR count). The van der Waals surface area contributed by atoms with Gasteiger partial charge in [-0.3, -0.25) is 0 Å². The van der Waals surface area contributed by atoms with Crippen LogP contribution in [0.25, 0.3) is 10.2 Å². The van der Waals surface area contributed by atoms with Gasteiger partial charge in [0.1, 0.15) is 11.5 Å². The highest BCUT2D eigenvalue weighted by Crippen LogP contribution is 2.29. The number of aromatic nitrogens is 1. The van der Waals surface area contributed by atoms with Crippen LogP contribution in [0.4, 0.5) is 5.13 Å². The van der Waals surface area contributed by atoms with Crippen LogP contribution in [-0.4, -0.2) is 4.98 Å². The van der Waals surface area contributed by atoms with Crippen LogP contribution >= 0.6 is 11.3 Å². The predicted molar refractivity (Wildman–Crippen MR) is 70.5 cm³/mol. The number of ether oxygens (including phenoxy) is 1. The number of nitrogens with zero attached hydrogens (tertiary/aromatic N) is 1. The fourth-order valence-electron chi connectivity index (χ4n) is 1.61. The molecule has 0 saturated carbocycles. The summed E-state index contributed by atoms with van der Waals surface area (Å²) in [4.78, 5) is 4.23. The summed E-state index contributed by atoms with van der Waals surface area (Å²) in [6.45, 7) is 0. The van der Waals surface area contributed by atoms with E-state index >= 15 is 0 Å². The van der Waals surface area contributed by atoms with Crippen molar-refractivity contribution in [2.45, 2.75) is 0 Å². The Morgan fingerprint density at radius 2 is 1.82 bits per heavy atom. The number of rotatable bonds is 2. The van der Waals surface area contributed by atoms with Gasteiger partial charge in [0.25, 0.3) is 0 Å². The van der Waals surface area contributed by atoms with Crippen molar-refractivity contribution in [1.82, 2.24) is 4.98 Å². The number of anilines is 1. The molecule has 0 radical (unpaired) electrons. The van der Waals surface area contributed by atoms with Gasteiger partial charge in [-0.15, -0.1) is 0 Å². The van der Waals surface area contributed by atoms with Crippen molar-refractivity contribution in [1.29, 1.82) is 0 Å².